The maximum Gasteiger partial charge on any atom is 0.222 e. The van der Waals surface area contributed by atoms with Crippen LogP contribution in [0.3, 0.4) is 0 Å². The number of piperidine rings is 1. The molecule has 4 aromatic rings. The number of aliphatic hydroxyl groups is 1. The van der Waals surface area contributed by atoms with Gasteiger partial charge >= 0.3 is 0 Å². The standard InChI is InChI=1S/C29H29FN2O2/c30-23-11-13-26-25(19-23)24(28(31-26)20-7-3-1-4-8-20)12-14-27(33)32-17-15-22(16-18-32)29(34)21-9-5-2-6-10-21/h1-11,13,19,22,29,31,34H,12,14-18H2. The van der Waals surface area contributed by atoms with Crippen LogP contribution in [0, 0.1) is 11.7 Å². The molecule has 1 saturated heterocycles. The Morgan fingerprint density at radius 2 is 1.68 bits per heavy atom. The highest BCUT2D eigenvalue weighted by Crippen LogP contribution is 2.33. The van der Waals surface area contributed by atoms with E-state index in [1.165, 1.54) is 6.07 Å². The molecule has 1 aliphatic rings. The van der Waals surface area contributed by atoms with Gasteiger partial charge in [0, 0.05) is 36.1 Å². The first-order valence-corrected chi connectivity index (χ1v) is 12.0. The van der Waals surface area contributed by atoms with E-state index in [0.29, 0.717) is 25.9 Å². The molecule has 3 aromatic carbocycles. The Kier molecular flexibility index (Phi) is 6.45. The lowest BCUT2D eigenvalue weighted by Crippen LogP contribution is -2.39. The highest BCUT2D eigenvalue weighted by molar-refractivity contribution is 5.91. The van der Waals surface area contributed by atoms with Gasteiger partial charge in [0.05, 0.1) is 6.10 Å². The summed E-state index contributed by atoms with van der Waals surface area (Å²) in [6, 6.07) is 24.5. The van der Waals surface area contributed by atoms with Crippen molar-refractivity contribution in [2.75, 3.05) is 13.1 Å². The van der Waals surface area contributed by atoms with Crippen LogP contribution in [-0.4, -0.2) is 34.0 Å². The molecule has 5 rings (SSSR count). The maximum atomic E-state index is 14.0. The number of hydrogen-bond donors (Lipinski definition) is 2. The number of nitrogens with one attached hydrogen (secondary N) is 1. The molecule has 0 radical (unpaired) electrons. The third kappa shape index (κ3) is 4.62. The van der Waals surface area contributed by atoms with Gasteiger partial charge in [-0.05, 0) is 60.1 Å². The van der Waals surface area contributed by atoms with E-state index in [9.17, 15) is 14.3 Å². The van der Waals surface area contributed by atoms with Crippen molar-refractivity contribution < 1.29 is 14.3 Å². The van der Waals surface area contributed by atoms with E-state index in [4.69, 9.17) is 0 Å². The molecule has 4 nitrogen and oxygen atoms in total. The zero-order chi connectivity index (χ0) is 23.5. The van der Waals surface area contributed by atoms with E-state index in [0.717, 1.165) is 46.1 Å². The van der Waals surface area contributed by atoms with Gasteiger partial charge in [-0.25, -0.2) is 4.39 Å². The normalized spacial score (nSPS) is 15.5. The number of aromatic nitrogens is 1. The fourth-order valence-electron chi connectivity index (χ4n) is 5.11. The molecule has 0 spiro atoms. The summed E-state index contributed by atoms with van der Waals surface area (Å²) in [5, 5.41) is 11.6. The van der Waals surface area contributed by atoms with Crippen LogP contribution in [0.4, 0.5) is 4.39 Å². The fraction of sp³-hybridized carbons (Fsp3) is 0.276. The van der Waals surface area contributed by atoms with Crippen LogP contribution >= 0.6 is 0 Å². The van der Waals surface area contributed by atoms with E-state index in [1.54, 1.807) is 12.1 Å². The lowest BCUT2D eigenvalue weighted by atomic mass is 9.87. The highest BCUT2D eigenvalue weighted by atomic mass is 19.1. The number of fused-ring (bicyclic) bond motifs is 1. The van der Waals surface area contributed by atoms with Gasteiger partial charge in [-0.15, -0.1) is 0 Å². The monoisotopic (exact) mass is 456 g/mol. The highest BCUT2D eigenvalue weighted by Gasteiger charge is 2.28. The zero-order valence-corrected chi connectivity index (χ0v) is 19.1. The average molecular weight is 457 g/mol. The lowest BCUT2D eigenvalue weighted by molar-refractivity contribution is -0.133. The Bertz CT molecular complexity index is 1260. The Morgan fingerprint density at radius 3 is 2.38 bits per heavy atom. The molecule has 1 amide bonds. The molecular weight excluding hydrogens is 427 g/mol. The number of H-pyrrole nitrogens is 1. The predicted octanol–water partition coefficient (Wildman–Crippen LogP) is 5.88. The first-order chi connectivity index (χ1) is 16.6. The number of aliphatic hydroxyl groups excluding tert-OH is 1. The van der Waals surface area contributed by atoms with Gasteiger partial charge in [0.25, 0.3) is 0 Å². The molecule has 0 saturated carbocycles. The molecule has 5 heteroatoms. The summed E-state index contributed by atoms with van der Waals surface area (Å²) < 4.78 is 14.0. The van der Waals surface area contributed by atoms with Crippen LogP contribution in [0.25, 0.3) is 22.2 Å². The van der Waals surface area contributed by atoms with Gasteiger partial charge in [-0.1, -0.05) is 60.7 Å². The first kappa shape index (κ1) is 22.4. The zero-order valence-electron chi connectivity index (χ0n) is 19.1. The number of carbonyl (C=O) groups is 1. The molecule has 1 unspecified atom stereocenters. The molecule has 1 atom stereocenters. The molecule has 0 bridgehead atoms. The van der Waals surface area contributed by atoms with Crippen LogP contribution in [0.5, 0.6) is 0 Å². The van der Waals surface area contributed by atoms with Gasteiger partial charge in [-0.3, -0.25) is 4.79 Å². The van der Waals surface area contributed by atoms with E-state index >= 15 is 0 Å². The number of carbonyl (C=O) groups excluding carboxylic acids is 1. The van der Waals surface area contributed by atoms with Crippen molar-refractivity contribution in [3.63, 3.8) is 0 Å². The SMILES string of the molecule is O=C(CCc1c(-c2ccccc2)[nH]c2ccc(F)cc12)N1CCC(C(O)c2ccccc2)CC1. The van der Waals surface area contributed by atoms with Crippen molar-refractivity contribution in [1.82, 2.24) is 9.88 Å². The van der Waals surface area contributed by atoms with Crippen molar-refractivity contribution in [3.05, 3.63) is 95.8 Å². The van der Waals surface area contributed by atoms with Gasteiger partial charge in [0.1, 0.15) is 5.82 Å². The van der Waals surface area contributed by atoms with E-state index in [1.807, 2.05) is 65.6 Å². The quantitative estimate of drug-likeness (QED) is 0.381. The number of benzene rings is 3. The summed E-state index contributed by atoms with van der Waals surface area (Å²) >= 11 is 0. The molecule has 34 heavy (non-hydrogen) atoms. The average Bonchev–Trinajstić information content (AvgIpc) is 3.25. The molecule has 1 aliphatic heterocycles. The van der Waals surface area contributed by atoms with Crippen LogP contribution in [0.15, 0.2) is 78.9 Å². The summed E-state index contributed by atoms with van der Waals surface area (Å²) in [6.45, 7) is 1.31. The summed E-state index contributed by atoms with van der Waals surface area (Å²) in [4.78, 5) is 18.4. The van der Waals surface area contributed by atoms with Crippen molar-refractivity contribution in [2.24, 2.45) is 5.92 Å². The largest absolute Gasteiger partial charge is 0.388 e. The third-order valence-electron chi connectivity index (χ3n) is 7.00. The van der Waals surface area contributed by atoms with Gasteiger partial charge < -0.3 is 15.0 Å². The van der Waals surface area contributed by atoms with E-state index in [2.05, 4.69) is 4.98 Å². The molecule has 2 heterocycles. The van der Waals surface area contributed by atoms with Gasteiger partial charge in [0.15, 0.2) is 0 Å². The van der Waals surface area contributed by atoms with Crippen LogP contribution < -0.4 is 0 Å². The molecule has 174 valence electrons. The Balaban J connectivity index is 1.27. The molecular formula is C29H29FN2O2. The second-order valence-electron chi connectivity index (χ2n) is 9.11. The number of hydrogen-bond acceptors (Lipinski definition) is 2. The second kappa shape index (κ2) is 9.82. The maximum absolute atomic E-state index is 14.0. The van der Waals surface area contributed by atoms with Crippen LogP contribution in [0.1, 0.15) is 36.5 Å². The summed E-state index contributed by atoms with van der Waals surface area (Å²) in [5.74, 6) is -0.0112. The number of aromatic amines is 1. The van der Waals surface area contributed by atoms with Crippen LogP contribution in [-0.2, 0) is 11.2 Å². The Morgan fingerprint density at radius 1 is 1.00 bits per heavy atom. The molecule has 1 aromatic heterocycles. The smallest absolute Gasteiger partial charge is 0.222 e. The van der Waals surface area contributed by atoms with Crippen molar-refractivity contribution in [2.45, 2.75) is 31.8 Å². The summed E-state index contributed by atoms with van der Waals surface area (Å²) in [7, 11) is 0. The number of likely N-dealkylation sites (tertiary alicyclic amines) is 1. The predicted molar refractivity (Wildman–Crippen MR) is 133 cm³/mol. The minimum atomic E-state index is -0.493. The van der Waals surface area contributed by atoms with E-state index in [-0.39, 0.29) is 17.6 Å². The number of amides is 1. The second-order valence-corrected chi connectivity index (χ2v) is 9.11. The summed E-state index contributed by atoms with van der Waals surface area (Å²) in [5.41, 5.74) is 4.75. The molecule has 2 N–H and O–H groups in total. The number of aryl methyl sites for hydroxylation is 1. The summed E-state index contributed by atoms with van der Waals surface area (Å²) in [6.07, 6.45) is 1.99. The van der Waals surface area contributed by atoms with Crippen molar-refractivity contribution in [1.29, 1.82) is 0 Å². The number of halogens is 1. The molecule has 0 aliphatic carbocycles. The van der Waals surface area contributed by atoms with Crippen molar-refractivity contribution in [3.8, 4) is 11.3 Å². The fourth-order valence-corrected chi connectivity index (χ4v) is 5.11. The van der Waals surface area contributed by atoms with Gasteiger partial charge in [-0.2, -0.15) is 0 Å². The number of rotatable bonds is 6. The lowest BCUT2D eigenvalue weighted by Gasteiger charge is -2.34. The van der Waals surface area contributed by atoms with Crippen molar-refractivity contribution >= 4 is 16.8 Å². The minimum absolute atomic E-state index is 0.109. The Hall–Kier alpha value is -3.44. The third-order valence-corrected chi connectivity index (χ3v) is 7.00. The van der Waals surface area contributed by atoms with Crippen LogP contribution in [0.2, 0.25) is 0 Å². The minimum Gasteiger partial charge on any atom is -0.388 e. The Labute approximate surface area is 199 Å². The van der Waals surface area contributed by atoms with E-state index < -0.39 is 6.10 Å². The van der Waals surface area contributed by atoms with Gasteiger partial charge in [0.2, 0.25) is 5.91 Å². The topological polar surface area (TPSA) is 56.3 Å². The first-order valence-electron chi connectivity index (χ1n) is 12.0. The molecule has 1 fully saturated rings. The number of nitrogens with zero attached hydrogens (tertiary/aromatic N) is 1.